The van der Waals surface area contributed by atoms with Crippen molar-refractivity contribution in [2.75, 3.05) is 6.61 Å². The van der Waals surface area contributed by atoms with Gasteiger partial charge in [-0.05, 0) is 18.2 Å². The van der Waals surface area contributed by atoms with Crippen molar-refractivity contribution < 1.29 is 28.1 Å². The van der Waals surface area contributed by atoms with Gasteiger partial charge in [-0.15, -0.1) is 0 Å². The molecule has 24 heavy (non-hydrogen) atoms. The van der Waals surface area contributed by atoms with Crippen molar-refractivity contribution in [2.24, 2.45) is 0 Å². The van der Waals surface area contributed by atoms with Crippen molar-refractivity contribution in [3.63, 3.8) is 0 Å². The molecule has 1 heterocycles. The summed E-state index contributed by atoms with van der Waals surface area (Å²) < 4.78 is 23.0. The summed E-state index contributed by atoms with van der Waals surface area (Å²) in [5.74, 6) is -1.53. The van der Waals surface area contributed by atoms with Gasteiger partial charge in [-0.2, -0.15) is 0 Å². The maximum absolute atomic E-state index is 13.1. The molecule has 0 saturated carbocycles. The summed E-state index contributed by atoms with van der Waals surface area (Å²) in [6, 6.07) is 5.07. The van der Waals surface area contributed by atoms with Crippen molar-refractivity contribution in [1.82, 2.24) is 10.6 Å². The van der Waals surface area contributed by atoms with Crippen LogP contribution in [0.15, 0.2) is 41.0 Å². The molecule has 1 aromatic carbocycles. The zero-order valence-corrected chi connectivity index (χ0v) is 12.2. The molecule has 9 nitrogen and oxygen atoms in total. The Morgan fingerprint density at radius 1 is 1.33 bits per heavy atom. The van der Waals surface area contributed by atoms with Crippen LogP contribution in [0.3, 0.4) is 0 Å². The van der Waals surface area contributed by atoms with E-state index in [4.69, 9.17) is 9.15 Å². The Kier molecular flexibility index (Phi) is 5.45. The van der Waals surface area contributed by atoms with E-state index < -0.39 is 40.7 Å². The Hall–Kier alpha value is -3.43. The first kappa shape index (κ1) is 16.9. The lowest BCUT2D eigenvalue weighted by Gasteiger charge is -2.08. The Balaban J connectivity index is 1.83. The lowest BCUT2D eigenvalue weighted by atomic mass is 10.3. The number of halogens is 1. The number of furan rings is 1. The first-order valence-electron chi connectivity index (χ1n) is 6.62. The molecule has 10 heteroatoms. The van der Waals surface area contributed by atoms with E-state index in [0.29, 0.717) is 5.76 Å². The van der Waals surface area contributed by atoms with Gasteiger partial charge in [0.15, 0.2) is 6.61 Å². The minimum absolute atomic E-state index is 0.0718. The molecule has 0 aliphatic rings. The monoisotopic (exact) mass is 337 g/mol. The molecular formula is C14H12FN3O6. The second kappa shape index (κ2) is 7.72. The van der Waals surface area contributed by atoms with Crippen LogP contribution in [0.2, 0.25) is 0 Å². The molecule has 2 N–H and O–H groups in total. The lowest BCUT2D eigenvalue weighted by molar-refractivity contribution is -0.385. The minimum atomic E-state index is -0.856. The standard InChI is InChI=1S/C14H12FN3O6/c15-9-3-4-11(18(21)22)12(6-9)24-8-13(19)17-14(20)16-7-10-2-1-5-23-10/h1-6H,7-8H2,(H2,16,17,19,20). The zero-order valence-electron chi connectivity index (χ0n) is 12.2. The van der Waals surface area contributed by atoms with E-state index in [2.05, 4.69) is 5.32 Å². The summed E-state index contributed by atoms with van der Waals surface area (Å²) in [5.41, 5.74) is -0.494. The number of carbonyl (C=O) groups is 2. The van der Waals surface area contributed by atoms with Crippen LogP contribution in [0.4, 0.5) is 14.9 Å². The van der Waals surface area contributed by atoms with Crippen LogP contribution in [0.25, 0.3) is 0 Å². The minimum Gasteiger partial charge on any atom is -0.477 e. The maximum Gasteiger partial charge on any atom is 0.321 e. The molecule has 0 spiro atoms. The summed E-state index contributed by atoms with van der Waals surface area (Å²) in [7, 11) is 0. The van der Waals surface area contributed by atoms with Gasteiger partial charge in [0, 0.05) is 12.1 Å². The molecule has 2 aromatic rings. The van der Waals surface area contributed by atoms with Gasteiger partial charge in [0.25, 0.3) is 5.91 Å². The highest BCUT2D eigenvalue weighted by atomic mass is 19.1. The van der Waals surface area contributed by atoms with Crippen LogP contribution in [0.5, 0.6) is 5.75 Å². The fourth-order valence-corrected chi connectivity index (χ4v) is 1.69. The SMILES string of the molecule is O=C(COc1cc(F)ccc1[N+](=O)[O-])NC(=O)NCc1ccco1. The smallest absolute Gasteiger partial charge is 0.321 e. The molecule has 0 aliphatic carbocycles. The number of imide groups is 1. The highest BCUT2D eigenvalue weighted by Gasteiger charge is 2.17. The largest absolute Gasteiger partial charge is 0.477 e. The number of ether oxygens (including phenoxy) is 1. The second-order valence-corrected chi connectivity index (χ2v) is 4.47. The predicted molar refractivity (Wildman–Crippen MR) is 77.6 cm³/mol. The fourth-order valence-electron chi connectivity index (χ4n) is 1.69. The van der Waals surface area contributed by atoms with Crippen molar-refractivity contribution in [3.05, 3.63) is 58.3 Å². The molecule has 0 unspecified atom stereocenters. The molecule has 1 aromatic heterocycles. The summed E-state index contributed by atoms with van der Waals surface area (Å²) in [6.07, 6.45) is 1.43. The molecule has 0 bridgehead atoms. The summed E-state index contributed by atoms with van der Waals surface area (Å²) in [6.45, 7) is -0.624. The molecule has 0 aliphatic heterocycles. The van der Waals surface area contributed by atoms with Crippen molar-refractivity contribution in [3.8, 4) is 5.75 Å². The summed E-state index contributed by atoms with van der Waals surface area (Å²) in [4.78, 5) is 33.1. The van der Waals surface area contributed by atoms with Gasteiger partial charge in [0.1, 0.15) is 11.6 Å². The summed E-state index contributed by atoms with van der Waals surface area (Å²) in [5, 5.41) is 15.1. The number of nitro groups is 1. The van der Waals surface area contributed by atoms with E-state index >= 15 is 0 Å². The average Bonchev–Trinajstić information content (AvgIpc) is 3.04. The number of amides is 3. The third kappa shape index (κ3) is 4.80. The number of carbonyl (C=O) groups excluding carboxylic acids is 2. The Morgan fingerprint density at radius 3 is 2.79 bits per heavy atom. The zero-order chi connectivity index (χ0) is 17.5. The van der Waals surface area contributed by atoms with E-state index in [0.717, 1.165) is 18.2 Å². The van der Waals surface area contributed by atoms with Gasteiger partial charge < -0.3 is 14.5 Å². The topological polar surface area (TPSA) is 124 Å². The van der Waals surface area contributed by atoms with Crippen LogP contribution in [-0.2, 0) is 11.3 Å². The van der Waals surface area contributed by atoms with E-state index in [-0.39, 0.29) is 6.54 Å². The maximum atomic E-state index is 13.1. The molecule has 0 saturated heterocycles. The van der Waals surface area contributed by atoms with Crippen molar-refractivity contribution in [2.45, 2.75) is 6.54 Å². The highest BCUT2D eigenvalue weighted by molar-refractivity contribution is 5.95. The number of hydrogen-bond acceptors (Lipinski definition) is 6. The highest BCUT2D eigenvalue weighted by Crippen LogP contribution is 2.27. The number of urea groups is 1. The number of hydrogen-bond donors (Lipinski definition) is 2. The number of nitrogens with one attached hydrogen (secondary N) is 2. The van der Waals surface area contributed by atoms with Crippen LogP contribution >= 0.6 is 0 Å². The first-order chi connectivity index (χ1) is 11.5. The molecule has 126 valence electrons. The molecule has 2 rings (SSSR count). The van der Waals surface area contributed by atoms with E-state index in [1.165, 1.54) is 6.26 Å². The van der Waals surface area contributed by atoms with Gasteiger partial charge in [0.2, 0.25) is 5.75 Å². The number of nitro benzene ring substituents is 1. The van der Waals surface area contributed by atoms with Crippen molar-refractivity contribution >= 4 is 17.6 Å². The first-order valence-corrected chi connectivity index (χ1v) is 6.62. The Bertz CT molecular complexity index is 747. The fraction of sp³-hybridized carbons (Fsp3) is 0.143. The second-order valence-electron chi connectivity index (χ2n) is 4.47. The molecule has 0 radical (unpaired) electrons. The number of nitrogens with zero attached hydrogens (tertiary/aromatic N) is 1. The average molecular weight is 337 g/mol. The van der Waals surface area contributed by atoms with Gasteiger partial charge in [-0.25, -0.2) is 9.18 Å². The van der Waals surface area contributed by atoms with Gasteiger partial charge in [-0.3, -0.25) is 20.2 Å². The van der Waals surface area contributed by atoms with Crippen LogP contribution in [0, 0.1) is 15.9 Å². The third-order valence-electron chi connectivity index (χ3n) is 2.73. The third-order valence-corrected chi connectivity index (χ3v) is 2.73. The van der Waals surface area contributed by atoms with E-state index in [1.807, 2.05) is 5.32 Å². The predicted octanol–water partition coefficient (Wildman–Crippen LogP) is 1.73. The Morgan fingerprint density at radius 2 is 2.12 bits per heavy atom. The molecule has 0 atom stereocenters. The van der Waals surface area contributed by atoms with E-state index in [9.17, 15) is 24.1 Å². The van der Waals surface area contributed by atoms with Gasteiger partial charge in [-0.1, -0.05) is 0 Å². The van der Waals surface area contributed by atoms with Crippen molar-refractivity contribution in [1.29, 1.82) is 0 Å². The van der Waals surface area contributed by atoms with Gasteiger partial charge in [0.05, 0.1) is 17.7 Å². The van der Waals surface area contributed by atoms with Crippen LogP contribution < -0.4 is 15.4 Å². The molecular weight excluding hydrogens is 325 g/mol. The molecule has 0 fully saturated rings. The van der Waals surface area contributed by atoms with Gasteiger partial charge >= 0.3 is 11.7 Å². The van der Waals surface area contributed by atoms with E-state index in [1.54, 1.807) is 12.1 Å². The number of rotatable bonds is 6. The lowest BCUT2D eigenvalue weighted by Crippen LogP contribution is -2.41. The molecule has 3 amide bonds. The number of benzene rings is 1. The normalized spacial score (nSPS) is 10.0. The van der Waals surface area contributed by atoms with Crippen LogP contribution in [-0.4, -0.2) is 23.5 Å². The quantitative estimate of drug-likeness (QED) is 0.611. The van der Waals surface area contributed by atoms with Crippen LogP contribution in [0.1, 0.15) is 5.76 Å². The summed E-state index contributed by atoms with van der Waals surface area (Å²) >= 11 is 0. The Labute approximate surface area is 134 Å².